The Morgan fingerprint density at radius 2 is 0.889 bits per heavy atom. The van der Waals surface area contributed by atoms with E-state index in [1.165, 1.54) is 11.1 Å². The van der Waals surface area contributed by atoms with Crippen molar-refractivity contribution in [3.8, 4) is 11.5 Å². The minimum absolute atomic E-state index is 0.0994. The Hall–Kier alpha value is -3.21. The van der Waals surface area contributed by atoms with Gasteiger partial charge in [-0.15, -0.1) is 0 Å². The van der Waals surface area contributed by atoms with E-state index < -0.39 is 7.87 Å². The fourth-order valence-electron chi connectivity index (χ4n) is 5.78. The standard InChI is InChI=1S/C40H50ClNO2Si/c1-37(2,3)27-23-31(39(7,8)9)35-33(25-27)42(29-19-15-13-16-20-29)34-26-28(38(4,5)6)24-32(40(10,11)12)36(34)44-45(41,43-35)30-21-17-14-18-22-30/h13-26H,1-12H3. The van der Waals surface area contributed by atoms with Crippen molar-refractivity contribution in [2.75, 3.05) is 4.90 Å². The number of halogens is 1. The Bertz CT molecular complexity index is 1600. The molecule has 5 rings (SSSR count). The van der Waals surface area contributed by atoms with Crippen molar-refractivity contribution in [2.45, 2.75) is 105 Å². The Kier molecular flexibility index (Phi) is 8.28. The summed E-state index contributed by atoms with van der Waals surface area (Å²) in [6.45, 7) is 27.1. The molecule has 1 aliphatic heterocycles. The second kappa shape index (κ2) is 11.2. The molecule has 0 atom stereocenters. The summed E-state index contributed by atoms with van der Waals surface area (Å²) < 4.78 is 14.5. The molecule has 238 valence electrons. The third-order valence-corrected chi connectivity index (χ3v) is 11.6. The molecule has 4 aromatic rings. The largest absolute Gasteiger partial charge is 0.605 e. The quantitative estimate of drug-likeness (QED) is 0.161. The first kappa shape index (κ1) is 33.2. The monoisotopic (exact) mass is 639 g/mol. The molecular formula is C40H50ClNO2Si. The van der Waals surface area contributed by atoms with Crippen LogP contribution in [-0.4, -0.2) is 7.87 Å². The van der Waals surface area contributed by atoms with E-state index in [1.807, 2.05) is 30.3 Å². The van der Waals surface area contributed by atoms with E-state index in [-0.39, 0.29) is 21.7 Å². The highest BCUT2D eigenvalue weighted by molar-refractivity contribution is 7.21. The van der Waals surface area contributed by atoms with Crippen molar-refractivity contribution >= 4 is 41.2 Å². The fourth-order valence-corrected chi connectivity index (χ4v) is 8.44. The maximum atomic E-state index is 7.81. The van der Waals surface area contributed by atoms with Gasteiger partial charge in [0.2, 0.25) is 0 Å². The van der Waals surface area contributed by atoms with Crippen molar-refractivity contribution < 1.29 is 8.85 Å². The van der Waals surface area contributed by atoms with Crippen LogP contribution in [0.2, 0.25) is 0 Å². The molecule has 4 aromatic carbocycles. The maximum Gasteiger partial charge on any atom is 0.605 e. The first-order chi connectivity index (χ1) is 20.7. The molecule has 0 spiro atoms. The fraction of sp³-hybridized carbons (Fsp3) is 0.400. The maximum absolute atomic E-state index is 7.81. The number of hydrogen-bond donors (Lipinski definition) is 0. The molecule has 3 nitrogen and oxygen atoms in total. The van der Waals surface area contributed by atoms with Crippen molar-refractivity contribution in [2.24, 2.45) is 0 Å². The van der Waals surface area contributed by atoms with Crippen molar-refractivity contribution in [1.29, 1.82) is 0 Å². The molecule has 0 aliphatic carbocycles. The van der Waals surface area contributed by atoms with Crippen LogP contribution in [0, 0.1) is 0 Å². The van der Waals surface area contributed by atoms with Gasteiger partial charge in [0.05, 0.1) is 11.4 Å². The molecule has 0 saturated heterocycles. The predicted molar refractivity (Wildman–Crippen MR) is 195 cm³/mol. The average Bonchev–Trinajstić information content (AvgIpc) is 2.92. The molecule has 0 radical (unpaired) electrons. The van der Waals surface area contributed by atoms with Crippen molar-refractivity contribution in [3.05, 3.63) is 107 Å². The average molecular weight is 640 g/mol. The lowest BCUT2D eigenvalue weighted by Gasteiger charge is -2.41. The summed E-state index contributed by atoms with van der Waals surface area (Å²) in [6.07, 6.45) is 0. The molecule has 0 saturated carbocycles. The van der Waals surface area contributed by atoms with Crippen LogP contribution in [0.5, 0.6) is 11.5 Å². The van der Waals surface area contributed by atoms with E-state index in [0.717, 1.165) is 44.9 Å². The molecule has 1 heterocycles. The van der Waals surface area contributed by atoms with E-state index >= 15 is 0 Å². The van der Waals surface area contributed by atoms with Gasteiger partial charge in [0, 0.05) is 22.0 Å². The van der Waals surface area contributed by atoms with Gasteiger partial charge in [-0.3, -0.25) is 0 Å². The number of hydrogen-bond acceptors (Lipinski definition) is 3. The van der Waals surface area contributed by atoms with Gasteiger partial charge in [0.15, 0.2) is 0 Å². The van der Waals surface area contributed by atoms with Crippen LogP contribution in [0.1, 0.15) is 105 Å². The first-order valence-electron chi connectivity index (χ1n) is 16.1. The van der Waals surface area contributed by atoms with E-state index in [9.17, 15) is 0 Å². The van der Waals surface area contributed by atoms with Crippen LogP contribution in [0.15, 0.2) is 84.9 Å². The highest BCUT2D eigenvalue weighted by Crippen LogP contribution is 2.54. The van der Waals surface area contributed by atoms with Crippen LogP contribution in [0.25, 0.3) is 0 Å². The van der Waals surface area contributed by atoms with E-state index in [0.29, 0.717) is 0 Å². The SMILES string of the molecule is CC(C)(C)c1cc2c(c(C(C)(C)C)c1)O[Si](Cl)(c1ccccc1)Oc1c(cc(C(C)(C)C)cc1C(C)(C)C)N2c1ccccc1. The third kappa shape index (κ3) is 6.55. The number of nitrogens with zero attached hydrogens (tertiary/aromatic N) is 1. The topological polar surface area (TPSA) is 21.7 Å². The Morgan fingerprint density at radius 1 is 0.511 bits per heavy atom. The van der Waals surface area contributed by atoms with Gasteiger partial charge in [0.25, 0.3) is 0 Å². The van der Waals surface area contributed by atoms with E-state index in [1.54, 1.807) is 0 Å². The van der Waals surface area contributed by atoms with Crippen LogP contribution in [0.3, 0.4) is 0 Å². The molecule has 0 bridgehead atoms. The minimum atomic E-state index is -3.63. The van der Waals surface area contributed by atoms with Gasteiger partial charge in [-0.2, -0.15) is 0 Å². The lowest BCUT2D eigenvalue weighted by Crippen LogP contribution is -2.55. The summed E-state index contributed by atoms with van der Waals surface area (Å²) >= 11 is 7.81. The van der Waals surface area contributed by atoms with Crippen LogP contribution < -0.4 is 18.9 Å². The van der Waals surface area contributed by atoms with Crippen molar-refractivity contribution in [3.63, 3.8) is 0 Å². The first-order valence-corrected chi connectivity index (χ1v) is 18.9. The van der Waals surface area contributed by atoms with Crippen LogP contribution >= 0.6 is 11.1 Å². The lowest BCUT2D eigenvalue weighted by molar-refractivity contribution is 0.404. The highest BCUT2D eigenvalue weighted by atomic mass is 35.6. The molecule has 5 heteroatoms. The third-order valence-electron chi connectivity index (χ3n) is 8.57. The predicted octanol–water partition coefficient (Wildman–Crippen LogP) is 11.2. The molecule has 0 unspecified atom stereocenters. The smallest absolute Gasteiger partial charge is 0.496 e. The number of fused-ring (bicyclic) bond motifs is 2. The zero-order valence-corrected chi connectivity index (χ0v) is 31.0. The molecule has 45 heavy (non-hydrogen) atoms. The summed E-state index contributed by atoms with van der Waals surface area (Å²) in [5.41, 5.74) is 7.01. The van der Waals surface area contributed by atoms with E-state index in [4.69, 9.17) is 19.9 Å². The minimum Gasteiger partial charge on any atom is -0.496 e. The van der Waals surface area contributed by atoms with Crippen molar-refractivity contribution in [1.82, 2.24) is 0 Å². The van der Waals surface area contributed by atoms with Gasteiger partial charge in [-0.1, -0.05) is 155 Å². The zero-order valence-electron chi connectivity index (χ0n) is 29.2. The van der Waals surface area contributed by atoms with Gasteiger partial charge >= 0.3 is 7.87 Å². The zero-order chi connectivity index (χ0) is 33.2. The summed E-state index contributed by atoms with van der Waals surface area (Å²) in [6, 6.07) is 29.9. The second-order valence-corrected chi connectivity index (χ2v) is 20.1. The molecular weight excluding hydrogens is 590 g/mol. The lowest BCUT2D eigenvalue weighted by atomic mass is 9.78. The Labute approximate surface area is 277 Å². The number of anilines is 3. The van der Waals surface area contributed by atoms with Gasteiger partial charge < -0.3 is 13.8 Å². The summed E-state index contributed by atoms with van der Waals surface area (Å²) in [7, 11) is -3.63. The van der Waals surface area contributed by atoms with Gasteiger partial charge in [-0.05, 0) is 57.1 Å². The van der Waals surface area contributed by atoms with Crippen LogP contribution in [0.4, 0.5) is 17.1 Å². The van der Waals surface area contributed by atoms with Gasteiger partial charge in [0.1, 0.15) is 11.5 Å². The molecule has 0 aromatic heterocycles. The number of rotatable bonds is 2. The van der Waals surface area contributed by atoms with Gasteiger partial charge in [-0.25, -0.2) is 0 Å². The number of benzene rings is 4. The highest BCUT2D eigenvalue weighted by Gasteiger charge is 2.49. The van der Waals surface area contributed by atoms with E-state index in [2.05, 4.69) is 143 Å². The Morgan fingerprint density at radius 3 is 1.24 bits per heavy atom. The molecule has 1 aliphatic rings. The molecule has 0 N–H and O–H groups in total. The summed E-state index contributed by atoms with van der Waals surface area (Å²) in [5.74, 6) is 1.54. The normalized spacial score (nSPS) is 15.3. The molecule has 0 amide bonds. The summed E-state index contributed by atoms with van der Waals surface area (Å²) in [5, 5.41) is 0.872. The second-order valence-electron chi connectivity index (χ2n) is 16.5. The van der Waals surface area contributed by atoms with Crippen LogP contribution in [-0.2, 0) is 21.7 Å². The Balaban J connectivity index is 2.04. The summed E-state index contributed by atoms with van der Waals surface area (Å²) in [4.78, 5) is 2.34. The molecule has 0 fully saturated rings. The number of para-hydroxylation sites is 1.